The maximum absolute atomic E-state index is 13.0. The fourth-order valence-electron chi connectivity index (χ4n) is 4.32. The molecule has 1 heterocycles. The number of carbonyl (C=O) groups is 3. The van der Waals surface area contributed by atoms with Crippen LogP contribution in [0.5, 0.6) is 11.6 Å². The van der Waals surface area contributed by atoms with E-state index in [1.54, 1.807) is 0 Å². The molecule has 0 spiro atoms. The largest absolute Gasteiger partial charge is 0.503 e. The van der Waals surface area contributed by atoms with Gasteiger partial charge in [0.05, 0.1) is 37.5 Å². The second-order valence-corrected chi connectivity index (χ2v) is 11.1. The molecule has 46 heavy (non-hydrogen) atoms. The Balaban J connectivity index is 1.29. The molecule has 0 saturated carbocycles. The van der Waals surface area contributed by atoms with Crippen LogP contribution >= 0.6 is 0 Å². The highest BCUT2D eigenvalue weighted by atomic mass is 32.2. The molecule has 5 rings (SSSR count). The first-order valence-corrected chi connectivity index (χ1v) is 14.4. The van der Waals surface area contributed by atoms with Gasteiger partial charge in [-0.05, 0) is 60.7 Å². The number of fused-ring (bicyclic) bond motifs is 1. The molecule has 17 heteroatoms. The number of carbonyl (C=O) groups excluding carboxylic acids is 2. The molecular weight excluding hydrogens is 624 g/mol. The summed E-state index contributed by atoms with van der Waals surface area (Å²) in [6, 6.07) is 18.3. The smallest absolute Gasteiger partial charge is 0.373 e. The summed E-state index contributed by atoms with van der Waals surface area (Å²) in [7, 11) is -4.16. The van der Waals surface area contributed by atoms with Gasteiger partial charge in [0.25, 0.3) is 21.6 Å². The number of sulfonamides is 1. The van der Waals surface area contributed by atoms with E-state index < -0.39 is 44.5 Å². The molecule has 0 fully saturated rings. The zero-order valence-corrected chi connectivity index (χ0v) is 23.9. The number of aromatic hydroxyl groups is 2. The third-order valence-corrected chi connectivity index (χ3v) is 7.86. The number of benzene rings is 4. The number of amides is 2. The number of rotatable bonds is 8. The molecule has 5 N–H and O–H groups in total. The van der Waals surface area contributed by atoms with E-state index in [9.17, 15) is 48.2 Å². The highest BCUT2D eigenvalue weighted by Gasteiger charge is 2.23. The number of anilines is 2. The zero-order valence-electron chi connectivity index (χ0n) is 23.1. The molecule has 0 aliphatic rings. The van der Waals surface area contributed by atoms with Crippen molar-refractivity contribution in [3.63, 3.8) is 0 Å². The molecule has 232 valence electrons. The van der Waals surface area contributed by atoms with Gasteiger partial charge in [-0.1, -0.05) is 23.3 Å². The summed E-state index contributed by atoms with van der Waals surface area (Å²) in [6.45, 7) is 0. The lowest BCUT2D eigenvalue weighted by Crippen LogP contribution is -2.17. The van der Waals surface area contributed by atoms with Crippen LogP contribution in [0.2, 0.25) is 0 Å². The van der Waals surface area contributed by atoms with Crippen molar-refractivity contribution in [1.82, 2.24) is 4.57 Å². The number of nitro benzene ring substituents is 1. The van der Waals surface area contributed by atoms with E-state index >= 15 is 0 Å². The van der Waals surface area contributed by atoms with Crippen LogP contribution in [-0.4, -0.2) is 51.1 Å². The standard InChI is InChI=1S/C29H20N6O10S/c36-25-23-15-19(35(42)43)12-13-24(23)34(27(25)38)29(41)32-31-16-8-10-17(11-9-16)33-46(44,45)20-5-3-4-18(14-20)30-26(37)21-6-1-2-7-22(21)28(39)40/h1-15,33,36,38H,(H,30,37)(H,39,40). The number of non-ortho nitro benzene ring substituents is 1. The summed E-state index contributed by atoms with van der Waals surface area (Å²) >= 11 is 0. The summed E-state index contributed by atoms with van der Waals surface area (Å²) in [5.41, 5.74) is -0.438. The Hall–Kier alpha value is -6.62. The van der Waals surface area contributed by atoms with Crippen LogP contribution < -0.4 is 10.0 Å². The second kappa shape index (κ2) is 12.2. The SMILES string of the molecule is O=C(O)c1ccccc1C(=O)Nc1cccc(S(=O)(=O)Nc2ccc(N=NC(=O)n3c(O)c(O)c4cc([N+](=O)[O-])ccc43)cc2)c1. The lowest BCUT2D eigenvalue weighted by atomic mass is 10.1. The molecule has 0 atom stereocenters. The maximum atomic E-state index is 13.0. The van der Waals surface area contributed by atoms with Gasteiger partial charge >= 0.3 is 12.0 Å². The quantitative estimate of drug-likeness (QED) is 0.0810. The molecule has 0 bridgehead atoms. The number of carboxylic acid groups (broad SMARTS) is 1. The minimum Gasteiger partial charge on any atom is -0.503 e. The normalized spacial score (nSPS) is 11.4. The lowest BCUT2D eigenvalue weighted by Gasteiger charge is -2.11. The van der Waals surface area contributed by atoms with Gasteiger partial charge in [-0.15, -0.1) is 5.11 Å². The fourth-order valence-corrected chi connectivity index (χ4v) is 5.42. The Kier molecular flexibility index (Phi) is 8.16. The Bertz CT molecular complexity index is 2190. The van der Waals surface area contributed by atoms with E-state index in [0.29, 0.717) is 4.57 Å². The van der Waals surface area contributed by atoms with Crippen molar-refractivity contribution >= 4 is 61.6 Å². The average Bonchev–Trinajstić information content (AvgIpc) is 3.29. The first-order chi connectivity index (χ1) is 21.9. The van der Waals surface area contributed by atoms with E-state index in [1.165, 1.54) is 72.8 Å². The number of hydrogen-bond acceptors (Lipinski definition) is 10. The van der Waals surface area contributed by atoms with Gasteiger partial charge in [-0.25, -0.2) is 22.6 Å². The Labute approximate surface area is 258 Å². The lowest BCUT2D eigenvalue weighted by molar-refractivity contribution is -0.384. The van der Waals surface area contributed by atoms with Crippen LogP contribution in [0.15, 0.2) is 106 Å². The number of carboxylic acids is 1. The fraction of sp³-hybridized carbons (Fsp3) is 0. The van der Waals surface area contributed by atoms with Gasteiger partial charge in [0.1, 0.15) is 0 Å². The average molecular weight is 645 g/mol. The van der Waals surface area contributed by atoms with Crippen LogP contribution in [-0.2, 0) is 10.0 Å². The first kappa shape index (κ1) is 30.8. The molecule has 0 saturated heterocycles. The van der Waals surface area contributed by atoms with Crippen molar-refractivity contribution in [3.05, 3.63) is 112 Å². The molecule has 0 unspecified atom stereocenters. The van der Waals surface area contributed by atoms with E-state index in [1.807, 2.05) is 0 Å². The number of nitrogens with one attached hydrogen (secondary N) is 2. The highest BCUT2D eigenvalue weighted by molar-refractivity contribution is 7.92. The summed E-state index contributed by atoms with van der Waals surface area (Å²) in [6.07, 6.45) is 0. The van der Waals surface area contributed by atoms with Crippen LogP contribution in [0.25, 0.3) is 10.9 Å². The minimum atomic E-state index is -4.16. The summed E-state index contributed by atoms with van der Waals surface area (Å²) < 4.78 is 29.0. The number of nitro groups is 1. The maximum Gasteiger partial charge on any atom is 0.373 e. The van der Waals surface area contributed by atoms with Crippen molar-refractivity contribution in [3.8, 4) is 11.6 Å². The molecule has 5 aromatic rings. The number of aromatic nitrogens is 1. The van der Waals surface area contributed by atoms with Crippen LogP contribution in [0.4, 0.5) is 27.5 Å². The molecule has 0 aliphatic carbocycles. The zero-order chi connectivity index (χ0) is 33.2. The van der Waals surface area contributed by atoms with Gasteiger partial charge in [-0.2, -0.15) is 0 Å². The van der Waals surface area contributed by atoms with Crippen molar-refractivity contribution in [2.24, 2.45) is 10.2 Å². The van der Waals surface area contributed by atoms with Crippen molar-refractivity contribution in [1.29, 1.82) is 0 Å². The van der Waals surface area contributed by atoms with Crippen LogP contribution in [0.3, 0.4) is 0 Å². The van der Waals surface area contributed by atoms with Crippen molar-refractivity contribution in [2.45, 2.75) is 4.90 Å². The topological polar surface area (TPSA) is 243 Å². The molecule has 16 nitrogen and oxygen atoms in total. The predicted octanol–water partition coefficient (Wildman–Crippen LogP) is 5.46. The molecule has 0 radical (unpaired) electrons. The number of aromatic carboxylic acids is 1. The van der Waals surface area contributed by atoms with E-state index in [-0.39, 0.29) is 49.7 Å². The number of azo groups is 1. The molecule has 4 aromatic carbocycles. The number of hydrogen-bond donors (Lipinski definition) is 5. The van der Waals surface area contributed by atoms with E-state index in [2.05, 4.69) is 20.3 Å². The monoisotopic (exact) mass is 644 g/mol. The molecule has 0 aliphatic heterocycles. The number of nitrogens with zero attached hydrogens (tertiary/aromatic N) is 4. The third-order valence-electron chi connectivity index (χ3n) is 6.48. The molecule has 1 aromatic heterocycles. The predicted molar refractivity (Wildman–Crippen MR) is 162 cm³/mol. The second-order valence-electron chi connectivity index (χ2n) is 9.43. The van der Waals surface area contributed by atoms with Crippen molar-refractivity contribution in [2.75, 3.05) is 10.0 Å². The summed E-state index contributed by atoms with van der Waals surface area (Å²) in [5, 5.41) is 50.3. The van der Waals surface area contributed by atoms with Gasteiger partial charge in [0.15, 0.2) is 5.75 Å². The minimum absolute atomic E-state index is 0.0528. The van der Waals surface area contributed by atoms with Gasteiger partial charge in [-0.3, -0.25) is 19.6 Å². The Morgan fingerprint density at radius 3 is 2.22 bits per heavy atom. The van der Waals surface area contributed by atoms with E-state index in [4.69, 9.17) is 0 Å². The Morgan fingerprint density at radius 2 is 1.54 bits per heavy atom. The van der Waals surface area contributed by atoms with Crippen LogP contribution in [0.1, 0.15) is 20.7 Å². The summed E-state index contributed by atoms with van der Waals surface area (Å²) in [4.78, 5) is 46.9. The Morgan fingerprint density at radius 1 is 0.848 bits per heavy atom. The molecular formula is C29H20N6O10S. The van der Waals surface area contributed by atoms with Crippen LogP contribution in [0, 0.1) is 10.1 Å². The van der Waals surface area contributed by atoms with Crippen molar-refractivity contribution < 1.29 is 43.0 Å². The van der Waals surface area contributed by atoms with E-state index in [0.717, 1.165) is 18.2 Å². The third kappa shape index (κ3) is 6.19. The first-order valence-electron chi connectivity index (χ1n) is 12.9. The summed E-state index contributed by atoms with van der Waals surface area (Å²) in [5.74, 6) is -3.69. The van der Waals surface area contributed by atoms with Gasteiger partial charge in [0, 0.05) is 23.5 Å². The van der Waals surface area contributed by atoms with Gasteiger partial charge in [0.2, 0.25) is 5.88 Å². The van der Waals surface area contributed by atoms with Gasteiger partial charge < -0.3 is 20.6 Å². The highest BCUT2D eigenvalue weighted by Crippen LogP contribution is 2.39. The molecule has 2 amide bonds.